The summed E-state index contributed by atoms with van der Waals surface area (Å²) in [6.45, 7) is 0. The molecule has 1 aromatic rings. The third-order valence-corrected chi connectivity index (χ3v) is 2.18. The number of carbonyl (C=O) groups is 2. The molecule has 7 heteroatoms. The summed E-state index contributed by atoms with van der Waals surface area (Å²) >= 11 is 5.00. The first kappa shape index (κ1) is 13.2. The highest BCUT2D eigenvalue weighted by Crippen LogP contribution is 2.36. The summed E-state index contributed by atoms with van der Waals surface area (Å²) in [6, 6.07) is 3.15. The maximum atomic E-state index is 12.7. The van der Waals surface area contributed by atoms with Crippen molar-refractivity contribution in [3.63, 3.8) is 0 Å². The fourth-order valence-electron chi connectivity index (χ4n) is 1.31. The van der Waals surface area contributed by atoms with Crippen LogP contribution in [0.5, 0.6) is 0 Å². The normalized spacial score (nSPS) is 10.8. The molecule has 0 aliphatic heterocycles. The molecule has 0 fully saturated rings. The molecule has 0 atom stereocenters. The lowest BCUT2D eigenvalue weighted by atomic mass is 9.97. The zero-order valence-corrected chi connectivity index (χ0v) is 8.76. The van der Waals surface area contributed by atoms with Crippen LogP contribution in [0, 0.1) is 11.3 Å². The topological polar surface area (TPSA) is 57.9 Å². The number of benzene rings is 1. The third kappa shape index (κ3) is 2.45. The van der Waals surface area contributed by atoms with E-state index in [-0.39, 0.29) is 6.29 Å². The summed E-state index contributed by atoms with van der Waals surface area (Å²) in [5.74, 6) is 0. The van der Waals surface area contributed by atoms with Crippen LogP contribution in [0.2, 0.25) is 0 Å². The molecular formula is C10H3ClF3NO2. The van der Waals surface area contributed by atoms with E-state index in [1.165, 1.54) is 6.07 Å². The van der Waals surface area contributed by atoms with E-state index in [4.69, 9.17) is 16.9 Å². The van der Waals surface area contributed by atoms with Gasteiger partial charge in [0.25, 0.3) is 5.24 Å². The second kappa shape index (κ2) is 4.55. The van der Waals surface area contributed by atoms with Gasteiger partial charge in [0.1, 0.15) is 0 Å². The number of carbonyl (C=O) groups excluding carboxylic acids is 2. The number of rotatable bonds is 2. The highest BCUT2D eigenvalue weighted by atomic mass is 35.5. The molecule has 0 saturated carbocycles. The molecule has 17 heavy (non-hydrogen) atoms. The zero-order chi connectivity index (χ0) is 13.2. The van der Waals surface area contributed by atoms with Crippen molar-refractivity contribution < 1.29 is 22.8 Å². The van der Waals surface area contributed by atoms with Crippen LogP contribution in [-0.4, -0.2) is 11.5 Å². The van der Waals surface area contributed by atoms with Crippen molar-refractivity contribution >= 4 is 23.1 Å². The molecule has 0 radical (unpaired) electrons. The van der Waals surface area contributed by atoms with Crippen molar-refractivity contribution in [1.29, 1.82) is 5.26 Å². The Kier molecular flexibility index (Phi) is 3.53. The smallest absolute Gasteiger partial charge is 0.298 e. The Morgan fingerprint density at radius 3 is 2.35 bits per heavy atom. The van der Waals surface area contributed by atoms with Gasteiger partial charge >= 0.3 is 6.18 Å². The molecule has 0 amide bonds. The van der Waals surface area contributed by atoms with Gasteiger partial charge in [-0.3, -0.25) is 9.59 Å². The predicted molar refractivity (Wildman–Crippen MR) is 51.7 cm³/mol. The molecular weight excluding hydrogens is 259 g/mol. The molecule has 0 bridgehead atoms. The van der Waals surface area contributed by atoms with E-state index in [0.717, 1.165) is 12.1 Å². The first-order chi connectivity index (χ1) is 7.82. The summed E-state index contributed by atoms with van der Waals surface area (Å²) < 4.78 is 38.1. The van der Waals surface area contributed by atoms with Gasteiger partial charge in [0.2, 0.25) is 0 Å². The molecule has 0 unspecified atom stereocenters. The molecule has 1 rings (SSSR count). The van der Waals surface area contributed by atoms with Crippen LogP contribution in [-0.2, 0) is 6.18 Å². The van der Waals surface area contributed by atoms with Crippen molar-refractivity contribution in [1.82, 2.24) is 0 Å². The minimum Gasteiger partial charge on any atom is -0.298 e. The minimum absolute atomic E-state index is 0.120. The molecule has 3 nitrogen and oxygen atoms in total. The largest absolute Gasteiger partial charge is 0.417 e. The predicted octanol–water partition coefficient (Wildman–Crippen LogP) is 2.77. The first-order valence-electron chi connectivity index (χ1n) is 4.12. The molecule has 1 aromatic carbocycles. The molecule has 88 valence electrons. The van der Waals surface area contributed by atoms with Gasteiger partial charge in [0, 0.05) is 11.1 Å². The third-order valence-electron chi connectivity index (χ3n) is 1.98. The first-order valence-corrected chi connectivity index (χ1v) is 4.50. The fraction of sp³-hybridized carbons (Fsp3) is 0.100. The second-order valence-electron chi connectivity index (χ2n) is 2.95. The van der Waals surface area contributed by atoms with Gasteiger partial charge in [-0.25, -0.2) is 0 Å². The number of nitrogens with zero attached hydrogens (tertiary/aromatic N) is 1. The SMILES string of the molecule is N#Cc1ccc(C(=O)Cl)c(C(F)(F)F)c1C=O. The van der Waals surface area contributed by atoms with Gasteiger partial charge in [-0.15, -0.1) is 0 Å². The highest BCUT2D eigenvalue weighted by molar-refractivity contribution is 6.68. The average Bonchev–Trinajstić information content (AvgIpc) is 2.25. The standard InChI is InChI=1S/C10H3ClF3NO2/c11-9(17)6-2-1-5(3-15)7(4-16)8(6)10(12,13)14/h1-2,4H. The van der Waals surface area contributed by atoms with E-state index < -0.39 is 33.7 Å². The van der Waals surface area contributed by atoms with Crippen LogP contribution in [0.3, 0.4) is 0 Å². The van der Waals surface area contributed by atoms with Crippen LogP contribution in [0.1, 0.15) is 31.8 Å². The van der Waals surface area contributed by atoms with Gasteiger partial charge in [-0.1, -0.05) is 0 Å². The van der Waals surface area contributed by atoms with Crippen molar-refractivity contribution in [2.45, 2.75) is 6.18 Å². The number of halogens is 4. The van der Waals surface area contributed by atoms with Gasteiger partial charge in [-0.05, 0) is 23.7 Å². The molecule has 0 aromatic heterocycles. The number of nitriles is 1. The lowest BCUT2D eigenvalue weighted by Gasteiger charge is -2.13. The van der Waals surface area contributed by atoms with Crippen LogP contribution < -0.4 is 0 Å². The molecule has 0 aliphatic rings. The summed E-state index contributed by atoms with van der Waals surface area (Å²) in [4.78, 5) is 21.5. The highest BCUT2D eigenvalue weighted by Gasteiger charge is 2.38. The van der Waals surface area contributed by atoms with Gasteiger partial charge in [0.05, 0.1) is 17.2 Å². The van der Waals surface area contributed by atoms with E-state index in [9.17, 15) is 22.8 Å². The van der Waals surface area contributed by atoms with E-state index in [1.807, 2.05) is 0 Å². The van der Waals surface area contributed by atoms with Crippen molar-refractivity contribution in [2.75, 3.05) is 0 Å². The van der Waals surface area contributed by atoms with E-state index in [2.05, 4.69) is 0 Å². The quantitative estimate of drug-likeness (QED) is 0.607. The van der Waals surface area contributed by atoms with E-state index in [1.54, 1.807) is 0 Å². The van der Waals surface area contributed by atoms with Gasteiger partial charge in [-0.2, -0.15) is 18.4 Å². The van der Waals surface area contributed by atoms with Crippen molar-refractivity contribution in [2.24, 2.45) is 0 Å². The molecule has 0 heterocycles. The summed E-state index contributed by atoms with van der Waals surface area (Å²) in [6.07, 6.45) is -5.06. The number of alkyl halides is 3. The van der Waals surface area contributed by atoms with E-state index >= 15 is 0 Å². The fourth-order valence-corrected chi connectivity index (χ4v) is 1.47. The summed E-state index contributed by atoms with van der Waals surface area (Å²) in [7, 11) is 0. The number of hydrogen-bond acceptors (Lipinski definition) is 3. The maximum Gasteiger partial charge on any atom is 0.417 e. The Labute approximate surface area is 98.4 Å². The van der Waals surface area contributed by atoms with Crippen LogP contribution in [0.4, 0.5) is 13.2 Å². The van der Waals surface area contributed by atoms with Gasteiger partial charge in [0.15, 0.2) is 6.29 Å². The Hall–Kier alpha value is -1.87. The number of hydrogen-bond donors (Lipinski definition) is 0. The average molecular weight is 262 g/mol. The molecule has 0 N–H and O–H groups in total. The molecule has 0 saturated heterocycles. The Balaban J connectivity index is 3.76. The van der Waals surface area contributed by atoms with Crippen molar-refractivity contribution in [3.8, 4) is 6.07 Å². The summed E-state index contributed by atoms with van der Waals surface area (Å²) in [5, 5.41) is 7.23. The molecule has 0 spiro atoms. The second-order valence-corrected chi connectivity index (χ2v) is 3.29. The minimum atomic E-state index is -4.94. The van der Waals surface area contributed by atoms with Crippen LogP contribution in [0.15, 0.2) is 12.1 Å². The maximum absolute atomic E-state index is 12.7. The lowest BCUT2D eigenvalue weighted by Crippen LogP contribution is -2.15. The van der Waals surface area contributed by atoms with Crippen LogP contribution >= 0.6 is 11.6 Å². The Morgan fingerprint density at radius 2 is 2.00 bits per heavy atom. The zero-order valence-electron chi connectivity index (χ0n) is 8.01. The monoisotopic (exact) mass is 261 g/mol. The Morgan fingerprint density at radius 1 is 1.41 bits per heavy atom. The van der Waals surface area contributed by atoms with E-state index in [0.29, 0.717) is 0 Å². The van der Waals surface area contributed by atoms with Crippen molar-refractivity contribution in [3.05, 3.63) is 34.4 Å². The lowest BCUT2D eigenvalue weighted by molar-refractivity contribution is -0.138. The summed E-state index contributed by atoms with van der Waals surface area (Å²) in [5.41, 5.74) is -3.67. The Bertz CT molecular complexity index is 532. The van der Waals surface area contributed by atoms with Crippen LogP contribution in [0.25, 0.3) is 0 Å². The molecule has 0 aliphatic carbocycles. The number of aldehydes is 1. The van der Waals surface area contributed by atoms with Gasteiger partial charge < -0.3 is 0 Å².